The largest absolute Gasteiger partial charge is 0.294 e. The number of hydrogen-bond donors (Lipinski definition) is 2. The quantitative estimate of drug-likeness (QED) is 0.371. The molecule has 12 heavy (non-hydrogen) atoms. The van der Waals surface area contributed by atoms with Crippen LogP contribution in [-0.2, 0) is 4.79 Å². The Hall–Kier alpha value is -0.570. The Bertz CT molecular complexity index is 153. The summed E-state index contributed by atoms with van der Waals surface area (Å²) < 4.78 is 0. The maximum Gasteiger partial charge on any atom is 0.236 e. The van der Waals surface area contributed by atoms with Gasteiger partial charge < -0.3 is 0 Å². The fraction of sp³-hybridized carbons (Fsp3) is 0.889. The number of hydrogen-bond acceptors (Lipinski definition) is 2. The molecular weight excluding hydrogens is 152 g/mol. The summed E-state index contributed by atoms with van der Waals surface area (Å²) in [5, 5.41) is 0. The Balaban J connectivity index is 2.39. The molecule has 1 aliphatic rings. The van der Waals surface area contributed by atoms with Gasteiger partial charge in [0.05, 0.1) is 0 Å². The zero-order valence-electron chi connectivity index (χ0n) is 7.68. The van der Waals surface area contributed by atoms with Gasteiger partial charge in [-0.05, 0) is 18.8 Å². The van der Waals surface area contributed by atoms with Crippen LogP contribution in [0.15, 0.2) is 0 Å². The minimum Gasteiger partial charge on any atom is -0.294 e. The molecular formula is C9H18N2O. The number of carbonyl (C=O) groups excluding carboxylic acids is 1. The van der Waals surface area contributed by atoms with Crippen LogP contribution in [0.5, 0.6) is 0 Å². The molecule has 0 bridgehead atoms. The van der Waals surface area contributed by atoms with E-state index in [9.17, 15) is 4.79 Å². The maximum atomic E-state index is 11.2. The molecule has 0 aromatic heterocycles. The third kappa shape index (κ3) is 2.21. The highest BCUT2D eigenvalue weighted by atomic mass is 16.2. The van der Waals surface area contributed by atoms with E-state index in [0.717, 1.165) is 0 Å². The standard InChI is InChI=1S/C9H18N2O/c1-7(9(12)11-10)8-5-3-2-4-6-8/h7-8H,2-6,10H2,1H3,(H,11,12). The summed E-state index contributed by atoms with van der Waals surface area (Å²) in [4.78, 5) is 11.2. The zero-order chi connectivity index (χ0) is 8.97. The molecule has 1 fully saturated rings. The van der Waals surface area contributed by atoms with Crippen molar-refractivity contribution >= 4 is 5.91 Å². The summed E-state index contributed by atoms with van der Waals surface area (Å²) >= 11 is 0. The number of carbonyl (C=O) groups is 1. The van der Waals surface area contributed by atoms with E-state index in [2.05, 4.69) is 5.43 Å². The molecule has 0 aliphatic heterocycles. The van der Waals surface area contributed by atoms with E-state index in [0.29, 0.717) is 5.92 Å². The first-order valence-corrected chi connectivity index (χ1v) is 4.76. The normalized spacial score (nSPS) is 21.8. The Morgan fingerprint density at radius 1 is 1.42 bits per heavy atom. The molecule has 0 aromatic rings. The zero-order valence-corrected chi connectivity index (χ0v) is 7.68. The van der Waals surface area contributed by atoms with Crippen molar-refractivity contribution in [2.75, 3.05) is 0 Å². The molecule has 1 saturated carbocycles. The lowest BCUT2D eigenvalue weighted by atomic mass is 9.80. The van der Waals surface area contributed by atoms with Gasteiger partial charge in [0.1, 0.15) is 0 Å². The van der Waals surface area contributed by atoms with Crippen molar-refractivity contribution in [2.45, 2.75) is 39.0 Å². The molecule has 3 nitrogen and oxygen atoms in total. The molecule has 0 spiro atoms. The van der Waals surface area contributed by atoms with Gasteiger partial charge in [-0.1, -0.05) is 26.2 Å². The highest BCUT2D eigenvalue weighted by Crippen LogP contribution is 2.29. The van der Waals surface area contributed by atoms with Gasteiger partial charge in [0, 0.05) is 5.92 Å². The minimum absolute atomic E-state index is 0.0121. The molecule has 3 heteroatoms. The fourth-order valence-corrected chi connectivity index (χ4v) is 1.98. The average molecular weight is 170 g/mol. The van der Waals surface area contributed by atoms with Gasteiger partial charge in [-0.25, -0.2) is 5.84 Å². The number of hydrazine groups is 1. The number of nitrogens with one attached hydrogen (secondary N) is 1. The summed E-state index contributed by atoms with van der Waals surface area (Å²) in [7, 11) is 0. The smallest absolute Gasteiger partial charge is 0.236 e. The van der Waals surface area contributed by atoms with Crippen LogP contribution in [0, 0.1) is 11.8 Å². The second-order valence-electron chi connectivity index (χ2n) is 3.70. The summed E-state index contributed by atoms with van der Waals surface area (Å²) in [5.74, 6) is 5.72. The molecule has 0 saturated heterocycles. The molecule has 1 rings (SSSR count). The van der Waals surface area contributed by atoms with Crippen LogP contribution in [0.3, 0.4) is 0 Å². The van der Waals surface area contributed by atoms with E-state index in [1.54, 1.807) is 0 Å². The summed E-state index contributed by atoms with van der Waals surface area (Å²) in [6.45, 7) is 1.97. The lowest BCUT2D eigenvalue weighted by Crippen LogP contribution is -2.38. The molecule has 1 amide bonds. The van der Waals surface area contributed by atoms with E-state index in [4.69, 9.17) is 5.84 Å². The Morgan fingerprint density at radius 3 is 2.50 bits per heavy atom. The van der Waals surface area contributed by atoms with Crippen molar-refractivity contribution in [3.63, 3.8) is 0 Å². The predicted molar refractivity (Wildman–Crippen MR) is 48.1 cm³/mol. The van der Waals surface area contributed by atoms with Gasteiger partial charge in [-0.15, -0.1) is 0 Å². The van der Waals surface area contributed by atoms with Gasteiger partial charge in [0.15, 0.2) is 0 Å². The van der Waals surface area contributed by atoms with E-state index in [1.807, 2.05) is 6.92 Å². The van der Waals surface area contributed by atoms with Crippen LogP contribution in [0.4, 0.5) is 0 Å². The van der Waals surface area contributed by atoms with Crippen molar-refractivity contribution in [3.8, 4) is 0 Å². The highest BCUT2D eigenvalue weighted by molar-refractivity contribution is 5.77. The van der Waals surface area contributed by atoms with Crippen LogP contribution in [-0.4, -0.2) is 5.91 Å². The van der Waals surface area contributed by atoms with Gasteiger partial charge in [-0.2, -0.15) is 0 Å². The second kappa shape index (κ2) is 4.45. The molecule has 0 heterocycles. The van der Waals surface area contributed by atoms with E-state index >= 15 is 0 Å². The van der Waals surface area contributed by atoms with Gasteiger partial charge in [0.25, 0.3) is 0 Å². The van der Waals surface area contributed by atoms with Crippen molar-refractivity contribution in [2.24, 2.45) is 17.7 Å². The maximum absolute atomic E-state index is 11.2. The lowest BCUT2D eigenvalue weighted by molar-refractivity contribution is -0.126. The van der Waals surface area contributed by atoms with Gasteiger partial charge in [-0.3, -0.25) is 10.2 Å². The van der Waals surface area contributed by atoms with Crippen LogP contribution < -0.4 is 11.3 Å². The van der Waals surface area contributed by atoms with Crippen LogP contribution in [0.2, 0.25) is 0 Å². The SMILES string of the molecule is CC(C(=O)NN)C1CCCCC1. The fourth-order valence-electron chi connectivity index (χ4n) is 1.98. The van der Waals surface area contributed by atoms with E-state index < -0.39 is 0 Å². The summed E-state index contributed by atoms with van der Waals surface area (Å²) in [6.07, 6.45) is 6.25. The van der Waals surface area contributed by atoms with Crippen molar-refractivity contribution < 1.29 is 4.79 Å². The number of nitrogens with two attached hydrogens (primary N) is 1. The third-order valence-electron chi connectivity index (χ3n) is 2.91. The Kier molecular flexibility index (Phi) is 3.53. The Morgan fingerprint density at radius 2 is 2.00 bits per heavy atom. The van der Waals surface area contributed by atoms with Crippen molar-refractivity contribution in [3.05, 3.63) is 0 Å². The van der Waals surface area contributed by atoms with Crippen molar-refractivity contribution in [1.82, 2.24) is 5.43 Å². The first kappa shape index (κ1) is 9.52. The van der Waals surface area contributed by atoms with Gasteiger partial charge >= 0.3 is 0 Å². The highest BCUT2D eigenvalue weighted by Gasteiger charge is 2.24. The second-order valence-corrected chi connectivity index (χ2v) is 3.70. The molecule has 1 atom stereocenters. The van der Waals surface area contributed by atoms with E-state index in [1.165, 1.54) is 32.1 Å². The Labute approximate surface area is 73.7 Å². The van der Waals surface area contributed by atoms with Crippen LogP contribution >= 0.6 is 0 Å². The lowest BCUT2D eigenvalue weighted by Gasteiger charge is -2.26. The average Bonchev–Trinajstić information content (AvgIpc) is 2.17. The monoisotopic (exact) mass is 170 g/mol. The molecule has 1 unspecified atom stereocenters. The number of rotatable bonds is 2. The topological polar surface area (TPSA) is 55.1 Å². The first-order chi connectivity index (χ1) is 5.75. The first-order valence-electron chi connectivity index (χ1n) is 4.76. The molecule has 0 aromatic carbocycles. The number of amides is 1. The van der Waals surface area contributed by atoms with Gasteiger partial charge in [0.2, 0.25) is 5.91 Å². The molecule has 1 aliphatic carbocycles. The minimum atomic E-state index is -0.0121. The third-order valence-corrected chi connectivity index (χ3v) is 2.91. The molecule has 3 N–H and O–H groups in total. The van der Waals surface area contributed by atoms with Crippen LogP contribution in [0.25, 0.3) is 0 Å². The van der Waals surface area contributed by atoms with E-state index in [-0.39, 0.29) is 11.8 Å². The predicted octanol–water partition coefficient (Wildman–Crippen LogP) is 1.19. The van der Waals surface area contributed by atoms with Crippen molar-refractivity contribution in [1.29, 1.82) is 0 Å². The molecule has 0 radical (unpaired) electrons. The summed E-state index contributed by atoms with van der Waals surface area (Å²) in [5.41, 5.74) is 2.22. The van der Waals surface area contributed by atoms with Crippen LogP contribution in [0.1, 0.15) is 39.0 Å². The molecule has 70 valence electrons. The summed E-state index contributed by atoms with van der Waals surface area (Å²) in [6, 6.07) is 0.